The number of nitrogens with two attached hydrogens (primary N) is 1. The highest BCUT2D eigenvalue weighted by atomic mass is 16.1. The number of hydrogen-bond acceptors (Lipinski definition) is 4. The van der Waals surface area contributed by atoms with Crippen LogP contribution in [0.2, 0.25) is 0 Å². The van der Waals surface area contributed by atoms with Gasteiger partial charge in [0.2, 0.25) is 0 Å². The first-order chi connectivity index (χ1) is 9.67. The normalized spacial score (nSPS) is 22.8. The van der Waals surface area contributed by atoms with Crippen LogP contribution in [0.1, 0.15) is 35.2 Å². The Morgan fingerprint density at radius 2 is 2.15 bits per heavy atom. The number of amides is 1. The Labute approximate surface area is 119 Å². The summed E-state index contributed by atoms with van der Waals surface area (Å²) in [7, 11) is 0. The Kier molecular flexibility index (Phi) is 3.63. The lowest BCUT2D eigenvalue weighted by Crippen LogP contribution is -2.37. The molecule has 0 spiro atoms. The molecule has 20 heavy (non-hydrogen) atoms. The molecule has 108 valence electrons. The number of nitrogens with zero attached hydrogens (tertiary/aromatic N) is 1. The monoisotopic (exact) mass is 274 g/mol. The van der Waals surface area contributed by atoms with Gasteiger partial charge in [0.25, 0.3) is 5.91 Å². The number of carbonyl (C=O) groups is 1. The number of hydrogen-bond donors (Lipinski definition) is 3. The van der Waals surface area contributed by atoms with E-state index in [2.05, 4.69) is 15.6 Å². The fourth-order valence-electron chi connectivity index (χ4n) is 2.95. The Bertz CT molecular complexity index is 513. The maximum Gasteiger partial charge on any atom is 0.251 e. The van der Waals surface area contributed by atoms with E-state index in [1.54, 1.807) is 0 Å². The molecule has 2 aliphatic rings. The van der Waals surface area contributed by atoms with E-state index in [-0.39, 0.29) is 11.9 Å². The zero-order chi connectivity index (χ0) is 14.1. The van der Waals surface area contributed by atoms with Gasteiger partial charge < -0.3 is 10.7 Å². The van der Waals surface area contributed by atoms with Crippen LogP contribution in [0.25, 0.3) is 0 Å². The minimum absolute atomic E-state index is 0.0220. The van der Waals surface area contributed by atoms with E-state index in [4.69, 9.17) is 5.84 Å². The van der Waals surface area contributed by atoms with E-state index in [0.717, 1.165) is 42.4 Å². The molecule has 1 aliphatic carbocycles. The second-order valence-electron chi connectivity index (χ2n) is 5.86. The van der Waals surface area contributed by atoms with Crippen LogP contribution < -0.4 is 16.6 Å². The minimum atomic E-state index is 0.0220. The molecule has 1 aliphatic heterocycles. The van der Waals surface area contributed by atoms with Gasteiger partial charge in [-0.3, -0.25) is 15.5 Å². The number of anilines is 1. The maximum absolute atomic E-state index is 12.3. The largest absolute Gasteiger partial charge is 0.348 e. The molecule has 2 fully saturated rings. The molecule has 1 unspecified atom stereocenters. The van der Waals surface area contributed by atoms with Gasteiger partial charge in [-0.25, -0.2) is 0 Å². The predicted molar refractivity (Wildman–Crippen MR) is 79.5 cm³/mol. The van der Waals surface area contributed by atoms with Crippen LogP contribution in [0.5, 0.6) is 0 Å². The standard InChI is InChI=1S/C15H22N4O/c1-10-8-11(18-16)2-5-14(10)15(20)17-12-6-7-19(9-12)13-3-4-13/h2,5,8,12-13,18H,3-4,6-7,9,16H2,1H3,(H,17,20). The molecule has 1 atom stereocenters. The second-order valence-corrected chi connectivity index (χ2v) is 5.86. The second kappa shape index (κ2) is 5.42. The zero-order valence-electron chi connectivity index (χ0n) is 11.9. The molecule has 5 nitrogen and oxygen atoms in total. The van der Waals surface area contributed by atoms with Gasteiger partial charge in [-0.15, -0.1) is 0 Å². The fraction of sp³-hybridized carbons (Fsp3) is 0.533. The van der Waals surface area contributed by atoms with Crippen molar-refractivity contribution in [2.24, 2.45) is 5.84 Å². The molecular weight excluding hydrogens is 252 g/mol. The third-order valence-electron chi connectivity index (χ3n) is 4.26. The van der Waals surface area contributed by atoms with Crippen molar-refractivity contribution in [1.29, 1.82) is 0 Å². The molecule has 0 bridgehead atoms. The fourth-order valence-corrected chi connectivity index (χ4v) is 2.95. The summed E-state index contributed by atoms with van der Waals surface area (Å²) >= 11 is 0. The summed E-state index contributed by atoms with van der Waals surface area (Å²) in [4.78, 5) is 14.8. The number of nitrogens with one attached hydrogen (secondary N) is 2. The highest BCUT2D eigenvalue weighted by molar-refractivity contribution is 5.96. The molecule has 1 saturated heterocycles. The first-order valence-electron chi connectivity index (χ1n) is 7.29. The molecule has 1 saturated carbocycles. The summed E-state index contributed by atoms with van der Waals surface area (Å²) in [5.41, 5.74) is 5.08. The van der Waals surface area contributed by atoms with E-state index in [9.17, 15) is 4.79 Å². The van der Waals surface area contributed by atoms with Crippen LogP contribution in [-0.2, 0) is 0 Å². The summed E-state index contributed by atoms with van der Waals surface area (Å²) in [6, 6.07) is 6.61. The number of nitrogen functional groups attached to an aromatic ring is 1. The highest BCUT2D eigenvalue weighted by Crippen LogP contribution is 2.29. The van der Waals surface area contributed by atoms with Crippen LogP contribution >= 0.6 is 0 Å². The van der Waals surface area contributed by atoms with Crippen LogP contribution in [-0.4, -0.2) is 36.0 Å². The van der Waals surface area contributed by atoms with Crippen LogP contribution in [0.3, 0.4) is 0 Å². The van der Waals surface area contributed by atoms with Crippen LogP contribution in [0, 0.1) is 6.92 Å². The predicted octanol–water partition coefficient (Wildman–Crippen LogP) is 1.25. The third kappa shape index (κ3) is 2.78. The maximum atomic E-state index is 12.3. The summed E-state index contributed by atoms with van der Waals surface area (Å²) in [5, 5.41) is 3.15. The molecule has 1 amide bonds. The van der Waals surface area contributed by atoms with Crippen molar-refractivity contribution >= 4 is 11.6 Å². The Morgan fingerprint density at radius 3 is 2.80 bits per heavy atom. The molecule has 4 N–H and O–H groups in total. The van der Waals surface area contributed by atoms with Crippen LogP contribution in [0.15, 0.2) is 18.2 Å². The number of rotatable bonds is 4. The number of hydrazine groups is 1. The summed E-state index contributed by atoms with van der Waals surface area (Å²) in [5.74, 6) is 5.39. The van der Waals surface area contributed by atoms with E-state index in [0.29, 0.717) is 0 Å². The lowest BCUT2D eigenvalue weighted by Gasteiger charge is -2.16. The van der Waals surface area contributed by atoms with Crippen molar-refractivity contribution in [3.63, 3.8) is 0 Å². The van der Waals surface area contributed by atoms with Gasteiger partial charge in [-0.2, -0.15) is 0 Å². The molecular formula is C15H22N4O. The van der Waals surface area contributed by atoms with E-state index >= 15 is 0 Å². The number of carbonyl (C=O) groups excluding carboxylic acids is 1. The van der Waals surface area contributed by atoms with Gasteiger partial charge >= 0.3 is 0 Å². The van der Waals surface area contributed by atoms with Crippen molar-refractivity contribution < 1.29 is 4.79 Å². The lowest BCUT2D eigenvalue weighted by molar-refractivity contribution is 0.0937. The summed E-state index contributed by atoms with van der Waals surface area (Å²) < 4.78 is 0. The highest BCUT2D eigenvalue weighted by Gasteiger charge is 2.34. The molecule has 5 heteroatoms. The molecule has 1 aromatic rings. The van der Waals surface area contributed by atoms with Crippen molar-refractivity contribution in [3.05, 3.63) is 29.3 Å². The topological polar surface area (TPSA) is 70.4 Å². The molecule has 1 heterocycles. The average molecular weight is 274 g/mol. The number of likely N-dealkylation sites (tertiary alicyclic amines) is 1. The first kappa shape index (κ1) is 13.4. The van der Waals surface area contributed by atoms with Crippen molar-refractivity contribution in [2.45, 2.75) is 38.3 Å². The van der Waals surface area contributed by atoms with Gasteiger partial charge in [-0.1, -0.05) is 0 Å². The van der Waals surface area contributed by atoms with E-state index in [1.165, 1.54) is 12.8 Å². The van der Waals surface area contributed by atoms with Crippen molar-refractivity contribution in [2.75, 3.05) is 18.5 Å². The summed E-state index contributed by atoms with van der Waals surface area (Å²) in [6.07, 6.45) is 3.71. The van der Waals surface area contributed by atoms with Crippen LogP contribution in [0.4, 0.5) is 5.69 Å². The number of aryl methyl sites for hydroxylation is 1. The van der Waals surface area contributed by atoms with Gasteiger partial charge in [-0.05, 0) is 49.9 Å². The van der Waals surface area contributed by atoms with Crippen molar-refractivity contribution in [3.8, 4) is 0 Å². The van der Waals surface area contributed by atoms with Gasteiger partial charge in [0.1, 0.15) is 0 Å². The average Bonchev–Trinajstić information content (AvgIpc) is 3.19. The van der Waals surface area contributed by atoms with E-state index in [1.807, 2.05) is 25.1 Å². The first-order valence-corrected chi connectivity index (χ1v) is 7.29. The quantitative estimate of drug-likeness (QED) is 0.571. The van der Waals surface area contributed by atoms with E-state index < -0.39 is 0 Å². The molecule has 3 rings (SSSR count). The Hall–Kier alpha value is -1.59. The minimum Gasteiger partial charge on any atom is -0.348 e. The van der Waals surface area contributed by atoms with Gasteiger partial charge in [0.15, 0.2) is 0 Å². The molecule has 1 aromatic carbocycles. The lowest BCUT2D eigenvalue weighted by atomic mass is 10.1. The van der Waals surface area contributed by atoms with Crippen molar-refractivity contribution in [1.82, 2.24) is 10.2 Å². The Balaban J connectivity index is 1.61. The summed E-state index contributed by atoms with van der Waals surface area (Å²) in [6.45, 7) is 4.05. The number of benzene rings is 1. The molecule has 0 radical (unpaired) electrons. The SMILES string of the molecule is Cc1cc(NN)ccc1C(=O)NC1CCN(C2CC2)C1. The van der Waals surface area contributed by atoms with Gasteiger partial charge in [0, 0.05) is 36.4 Å². The molecule has 0 aromatic heterocycles. The van der Waals surface area contributed by atoms with Gasteiger partial charge in [0.05, 0.1) is 0 Å². The smallest absolute Gasteiger partial charge is 0.251 e. The third-order valence-corrected chi connectivity index (χ3v) is 4.26. The Morgan fingerprint density at radius 1 is 1.35 bits per heavy atom. The zero-order valence-corrected chi connectivity index (χ0v) is 11.9.